The standard InChI is InChI=1S/C14H16ClN3O3S/c15-12-2-1-3-14(8-12)22(19,20)18-6-4-17(5-7-18)9-13-10-21-11-16-13/h1-3,8,10-11H,4-7,9H2. The van der Waals surface area contributed by atoms with E-state index in [1.165, 1.54) is 16.8 Å². The van der Waals surface area contributed by atoms with Crippen LogP contribution >= 0.6 is 11.6 Å². The summed E-state index contributed by atoms with van der Waals surface area (Å²) in [6.45, 7) is 2.89. The van der Waals surface area contributed by atoms with Crippen molar-refractivity contribution in [3.63, 3.8) is 0 Å². The van der Waals surface area contributed by atoms with Gasteiger partial charge < -0.3 is 4.42 Å². The maximum absolute atomic E-state index is 12.6. The lowest BCUT2D eigenvalue weighted by Crippen LogP contribution is -2.48. The smallest absolute Gasteiger partial charge is 0.243 e. The van der Waals surface area contributed by atoms with Gasteiger partial charge in [0.1, 0.15) is 6.26 Å². The number of halogens is 1. The van der Waals surface area contributed by atoms with Gasteiger partial charge in [0, 0.05) is 37.7 Å². The third kappa shape index (κ3) is 3.33. The second kappa shape index (κ2) is 6.37. The Morgan fingerprint density at radius 3 is 2.64 bits per heavy atom. The van der Waals surface area contributed by atoms with Gasteiger partial charge in [0.15, 0.2) is 6.39 Å². The van der Waals surface area contributed by atoms with E-state index in [1.807, 2.05) is 0 Å². The maximum atomic E-state index is 12.6. The van der Waals surface area contributed by atoms with Gasteiger partial charge in [0.05, 0.1) is 10.6 Å². The van der Waals surface area contributed by atoms with Gasteiger partial charge in [0.2, 0.25) is 10.0 Å². The summed E-state index contributed by atoms with van der Waals surface area (Å²) in [5.74, 6) is 0. The Kier molecular flexibility index (Phi) is 4.49. The molecule has 6 nitrogen and oxygen atoms in total. The minimum atomic E-state index is -3.48. The van der Waals surface area contributed by atoms with Crippen LogP contribution in [-0.2, 0) is 16.6 Å². The molecule has 1 fully saturated rings. The fourth-order valence-electron chi connectivity index (χ4n) is 2.45. The second-order valence-corrected chi connectivity index (χ2v) is 7.49. The molecule has 1 saturated heterocycles. The molecule has 3 rings (SSSR count). The Labute approximate surface area is 134 Å². The van der Waals surface area contributed by atoms with Crippen LogP contribution in [0.15, 0.2) is 46.2 Å². The molecule has 0 N–H and O–H groups in total. The highest BCUT2D eigenvalue weighted by atomic mass is 35.5. The first-order chi connectivity index (χ1) is 10.6. The van der Waals surface area contributed by atoms with E-state index >= 15 is 0 Å². The molecule has 1 aromatic carbocycles. The molecule has 8 heteroatoms. The van der Waals surface area contributed by atoms with Crippen molar-refractivity contribution in [1.82, 2.24) is 14.2 Å². The number of hydrogen-bond donors (Lipinski definition) is 0. The fraction of sp³-hybridized carbons (Fsp3) is 0.357. The molecule has 0 unspecified atom stereocenters. The molecule has 0 amide bonds. The largest absolute Gasteiger partial charge is 0.451 e. The Morgan fingerprint density at radius 1 is 1.23 bits per heavy atom. The summed E-state index contributed by atoms with van der Waals surface area (Å²) in [4.78, 5) is 6.48. The molecule has 0 radical (unpaired) electrons. The number of piperazine rings is 1. The van der Waals surface area contributed by atoms with Crippen LogP contribution in [0.25, 0.3) is 0 Å². The van der Waals surface area contributed by atoms with E-state index in [0.717, 1.165) is 5.69 Å². The van der Waals surface area contributed by atoms with Crippen LogP contribution in [0.3, 0.4) is 0 Å². The van der Waals surface area contributed by atoms with E-state index in [2.05, 4.69) is 9.88 Å². The monoisotopic (exact) mass is 341 g/mol. The van der Waals surface area contributed by atoms with Crippen molar-refractivity contribution in [2.24, 2.45) is 0 Å². The molecule has 0 aliphatic carbocycles. The van der Waals surface area contributed by atoms with Crippen LogP contribution in [0.1, 0.15) is 5.69 Å². The fourth-order valence-corrected chi connectivity index (χ4v) is 4.17. The lowest BCUT2D eigenvalue weighted by Gasteiger charge is -2.33. The van der Waals surface area contributed by atoms with E-state index in [1.54, 1.807) is 24.5 Å². The maximum Gasteiger partial charge on any atom is 0.243 e. The molecule has 0 atom stereocenters. The van der Waals surface area contributed by atoms with Crippen molar-refractivity contribution in [2.75, 3.05) is 26.2 Å². The number of nitrogens with zero attached hydrogens (tertiary/aromatic N) is 3. The number of rotatable bonds is 4. The molecule has 22 heavy (non-hydrogen) atoms. The summed E-state index contributed by atoms with van der Waals surface area (Å²) in [5, 5.41) is 0.422. The highest BCUT2D eigenvalue weighted by Gasteiger charge is 2.28. The van der Waals surface area contributed by atoms with Gasteiger partial charge in [-0.15, -0.1) is 0 Å². The van der Waals surface area contributed by atoms with Gasteiger partial charge in [0.25, 0.3) is 0 Å². The molecule has 0 spiro atoms. The Bertz CT molecular complexity index is 726. The minimum Gasteiger partial charge on any atom is -0.451 e. The van der Waals surface area contributed by atoms with Gasteiger partial charge in [-0.05, 0) is 18.2 Å². The van der Waals surface area contributed by atoms with Gasteiger partial charge in [-0.3, -0.25) is 4.90 Å². The van der Waals surface area contributed by atoms with Crippen molar-refractivity contribution in [3.05, 3.63) is 47.6 Å². The topological polar surface area (TPSA) is 66.7 Å². The summed E-state index contributed by atoms with van der Waals surface area (Å²) in [6, 6.07) is 6.37. The molecule has 0 bridgehead atoms. The lowest BCUT2D eigenvalue weighted by atomic mass is 10.3. The van der Waals surface area contributed by atoms with Crippen LogP contribution in [-0.4, -0.2) is 48.8 Å². The highest BCUT2D eigenvalue weighted by molar-refractivity contribution is 7.89. The first-order valence-corrected chi connectivity index (χ1v) is 8.72. The Hall–Kier alpha value is -1.41. The molecule has 1 aliphatic rings. The van der Waals surface area contributed by atoms with E-state index in [9.17, 15) is 8.42 Å². The number of sulfonamides is 1. The summed E-state index contributed by atoms with van der Waals surface area (Å²) in [5.41, 5.74) is 0.853. The SMILES string of the molecule is O=S(=O)(c1cccc(Cl)c1)N1CCN(Cc2cocn2)CC1. The number of oxazole rings is 1. The van der Waals surface area contributed by atoms with Crippen LogP contribution in [0.2, 0.25) is 5.02 Å². The number of aromatic nitrogens is 1. The van der Waals surface area contributed by atoms with E-state index in [0.29, 0.717) is 37.7 Å². The van der Waals surface area contributed by atoms with Gasteiger partial charge in [-0.1, -0.05) is 17.7 Å². The quantitative estimate of drug-likeness (QED) is 0.848. The van der Waals surface area contributed by atoms with Crippen molar-refractivity contribution >= 4 is 21.6 Å². The highest BCUT2D eigenvalue weighted by Crippen LogP contribution is 2.21. The normalized spacial score (nSPS) is 17.7. The van der Waals surface area contributed by atoms with E-state index in [-0.39, 0.29) is 4.90 Å². The van der Waals surface area contributed by atoms with Crippen molar-refractivity contribution in [1.29, 1.82) is 0 Å². The summed E-state index contributed by atoms with van der Waals surface area (Å²) >= 11 is 5.89. The predicted octanol–water partition coefficient (Wildman–Crippen LogP) is 1.83. The Balaban J connectivity index is 1.65. The molecule has 1 aromatic heterocycles. The van der Waals surface area contributed by atoms with Crippen molar-refractivity contribution in [3.8, 4) is 0 Å². The molecular formula is C14H16ClN3O3S. The minimum absolute atomic E-state index is 0.241. The van der Waals surface area contributed by atoms with Crippen LogP contribution in [0.5, 0.6) is 0 Å². The zero-order valence-electron chi connectivity index (χ0n) is 11.9. The molecule has 2 aromatic rings. The first kappa shape index (κ1) is 15.5. The van der Waals surface area contributed by atoms with E-state index < -0.39 is 10.0 Å². The van der Waals surface area contributed by atoms with Gasteiger partial charge in [-0.2, -0.15) is 4.31 Å². The van der Waals surface area contributed by atoms with Crippen LogP contribution in [0.4, 0.5) is 0 Å². The molecular weight excluding hydrogens is 326 g/mol. The molecule has 1 aliphatic heterocycles. The third-order valence-corrected chi connectivity index (χ3v) is 5.76. The van der Waals surface area contributed by atoms with Gasteiger partial charge in [-0.25, -0.2) is 13.4 Å². The zero-order valence-corrected chi connectivity index (χ0v) is 13.4. The summed E-state index contributed by atoms with van der Waals surface area (Å²) in [7, 11) is -3.48. The second-order valence-electron chi connectivity index (χ2n) is 5.12. The molecule has 0 saturated carbocycles. The predicted molar refractivity (Wildman–Crippen MR) is 82.0 cm³/mol. The van der Waals surface area contributed by atoms with Crippen molar-refractivity contribution in [2.45, 2.75) is 11.4 Å². The average molecular weight is 342 g/mol. The Morgan fingerprint density at radius 2 is 2.00 bits per heavy atom. The van der Waals surface area contributed by atoms with Crippen LogP contribution < -0.4 is 0 Å². The first-order valence-electron chi connectivity index (χ1n) is 6.91. The average Bonchev–Trinajstić information content (AvgIpc) is 3.01. The van der Waals surface area contributed by atoms with Crippen molar-refractivity contribution < 1.29 is 12.8 Å². The zero-order chi connectivity index (χ0) is 15.6. The number of benzene rings is 1. The van der Waals surface area contributed by atoms with E-state index in [4.69, 9.17) is 16.0 Å². The summed E-state index contributed by atoms with van der Waals surface area (Å²) < 4.78 is 31.6. The summed E-state index contributed by atoms with van der Waals surface area (Å²) in [6.07, 6.45) is 3.00. The third-order valence-electron chi connectivity index (χ3n) is 3.63. The number of hydrogen-bond acceptors (Lipinski definition) is 5. The van der Waals surface area contributed by atoms with Crippen LogP contribution in [0, 0.1) is 0 Å². The lowest BCUT2D eigenvalue weighted by molar-refractivity contribution is 0.180. The van der Waals surface area contributed by atoms with Gasteiger partial charge >= 0.3 is 0 Å². The molecule has 2 heterocycles. The molecule has 118 valence electrons.